The number of hydrogen-bond acceptors (Lipinski definition) is 3. The number of ether oxygens (including phenoxy) is 1. The molecule has 2 rings (SSSR count). The van der Waals surface area contributed by atoms with Crippen molar-refractivity contribution in [2.24, 2.45) is 0 Å². The Bertz CT molecular complexity index is 357. The first-order valence-electron chi connectivity index (χ1n) is 3.60. The van der Waals surface area contributed by atoms with Crippen LogP contribution in [0.2, 0.25) is 0 Å². The Hall–Kier alpha value is -1.22. The smallest absolute Gasteiger partial charge is 0.316 e. The van der Waals surface area contributed by atoms with Gasteiger partial charge in [-0.2, -0.15) is 0 Å². The molecule has 0 bridgehead atoms. The fourth-order valence-corrected chi connectivity index (χ4v) is 1.52. The van der Waals surface area contributed by atoms with Gasteiger partial charge in [0.25, 0.3) is 0 Å². The molecular formula is C9H6O2S. The fourth-order valence-electron chi connectivity index (χ4n) is 1.22. The minimum atomic E-state index is -0.265. The molecule has 0 atom stereocenters. The van der Waals surface area contributed by atoms with E-state index >= 15 is 0 Å². The lowest BCUT2D eigenvalue weighted by Crippen LogP contribution is -2.21. The maximum atomic E-state index is 10.9. The summed E-state index contributed by atoms with van der Waals surface area (Å²) in [5.41, 5.74) is 1.82. The SMILES string of the molecule is O=C1Cc2ccccc2C(=S)O1. The molecule has 60 valence electrons. The quantitative estimate of drug-likeness (QED) is 0.444. The van der Waals surface area contributed by atoms with Crippen LogP contribution in [-0.4, -0.2) is 11.0 Å². The Labute approximate surface area is 75.2 Å². The van der Waals surface area contributed by atoms with E-state index in [1.807, 2.05) is 24.3 Å². The third kappa shape index (κ3) is 1.12. The molecule has 1 aromatic rings. The zero-order valence-corrected chi connectivity index (χ0v) is 7.06. The molecular weight excluding hydrogens is 172 g/mol. The maximum absolute atomic E-state index is 10.9. The molecule has 0 saturated heterocycles. The fraction of sp³-hybridized carbons (Fsp3) is 0.111. The van der Waals surface area contributed by atoms with E-state index in [-0.39, 0.29) is 5.97 Å². The third-order valence-corrected chi connectivity index (χ3v) is 2.08. The Morgan fingerprint density at radius 3 is 2.92 bits per heavy atom. The van der Waals surface area contributed by atoms with Crippen molar-refractivity contribution in [2.45, 2.75) is 6.42 Å². The molecule has 0 unspecified atom stereocenters. The van der Waals surface area contributed by atoms with E-state index in [0.717, 1.165) is 11.1 Å². The first-order chi connectivity index (χ1) is 5.77. The van der Waals surface area contributed by atoms with Crippen molar-refractivity contribution in [2.75, 3.05) is 0 Å². The molecule has 0 amide bonds. The number of hydrogen-bond donors (Lipinski definition) is 0. The molecule has 0 saturated carbocycles. The molecule has 0 N–H and O–H groups in total. The van der Waals surface area contributed by atoms with Gasteiger partial charge in [0.2, 0.25) is 5.05 Å². The van der Waals surface area contributed by atoms with Gasteiger partial charge in [-0.3, -0.25) is 4.79 Å². The Morgan fingerprint density at radius 1 is 1.33 bits per heavy atom. The summed E-state index contributed by atoms with van der Waals surface area (Å²) in [5.74, 6) is -0.265. The predicted octanol–water partition coefficient (Wildman–Crippen LogP) is 1.46. The van der Waals surface area contributed by atoms with Gasteiger partial charge in [0.15, 0.2) is 0 Å². The van der Waals surface area contributed by atoms with Crippen LogP contribution in [-0.2, 0) is 16.0 Å². The third-order valence-electron chi connectivity index (χ3n) is 1.78. The Morgan fingerprint density at radius 2 is 2.08 bits per heavy atom. The average molecular weight is 178 g/mol. The summed E-state index contributed by atoms with van der Waals surface area (Å²) in [6, 6.07) is 7.52. The minimum Gasteiger partial charge on any atom is -0.414 e. The highest BCUT2D eigenvalue weighted by Crippen LogP contribution is 2.17. The number of cyclic esters (lactones) is 1. The Balaban J connectivity index is 2.54. The normalized spacial score (nSPS) is 15.3. The topological polar surface area (TPSA) is 26.3 Å². The van der Waals surface area contributed by atoms with Gasteiger partial charge < -0.3 is 4.74 Å². The highest BCUT2D eigenvalue weighted by atomic mass is 32.1. The number of fused-ring (bicyclic) bond motifs is 1. The molecule has 1 aromatic carbocycles. The van der Waals surface area contributed by atoms with E-state index in [1.54, 1.807) is 0 Å². The van der Waals surface area contributed by atoms with E-state index in [9.17, 15) is 4.79 Å². The van der Waals surface area contributed by atoms with Gasteiger partial charge in [-0.15, -0.1) is 0 Å². The molecule has 0 spiro atoms. The molecule has 0 fully saturated rings. The van der Waals surface area contributed by atoms with Crippen molar-refractivity contribution in [3.8, 4) is 0 Å². The number of benzene rings is 1. The zero-order chi connectivity index (χ0) is 8.55. The van der Waals surface area contributed by atoms with Crippen LogP contribution in [0.15, 0.2) is 24.3 Å². The summed E-state index contributed by atoms with van der Waals surface area (Å²) in [5, 5.41) is 0.293. The Kier molecular flexibility index (Phi) is 1.66. The van der Waals surface area contributed by atoms with Gasteiger partial charge in [-0.1, -0.05) is 24.3 Å². The second-order valence-corrected chi connectivity index (χ2v) is 2.97. The molecule has 0 aromatic heterocycles. The van der Waals surface area contributed by atoms with Crippen LogP contribution in [0, 0.1) is 0 Å². The number of carbonyl (C=O) groups excluding carboxylic acids is 1. The van der Waals surface area contributed by atoms with E-state index in [1.165, 1.54) is 0 Å². The van der Waals surface area contributed by atoms with E-state index in [0.29, 0.717) is 11.5 Å². The summed E-state index contributed by atoms with van der Waals surface area (Å²) in [7, 11) is 0. The maximum Gasteiger partial charge on any atom is 0.316 e. The molecule has 1 aliphatic heterocycles. The van der Waals surface area contributed by atoms with E-state index < -0.39 is 0 Å². The average Bonchev–Trinajstić information content (AvgIpc) is 2.04. The van der Waals surface area contributed by atoms with Gasteiger partial charge >= 0.3 is 5.97 Å². The van der Waals surface area contributed by atoms with Crippen molar-refractivity contribution in [3.05, 3.63) is 35.4 Å². The summed E-state index contributed by atoms with van der Waals surface area (Å²) < 4.78 is 4.81. The summed E-state index contributed by atoms with van der Waals surface area (Å²) in [6.07, 6.45) is 0.330. The zero-order valence-electron chi connectivity index (χ0n) is 6.24. The van der Waals surface area contributed by atoms with Crippen molar-refractivity contribution in [1.29, 1.82) is 0 Å². The minimum absolute atomic E-state index is 0.265. The van der Waals surface area contributed by atoms with Crippen LogP contribution in [0.4, 0.5) is 0 Å². The molecule has 1 aliphatic rings. The highest BCUT2D eigenvalue weighted by molar-refractivity contribution is 7.80. The van der Waals surface area contributed by atoms with Gasteiger partial charge in [0.1, 0.15) is 0 Å². The summed E-state index contributed by atoms with van der Waals surface area (Å²) in [4.78, 5) is 10.9. The van der Waals surface area contributed by atoms with Crippen molar-refractivity contribution in [3.63, 3.8) is 0 Å². The van der Waals surface area contributed by atoms with Crippen LogP contribution >= 0.6 is 12.2 Å². The second kappa shape index (κ2) is 2.68. The first kappa shape index (κ1) is 7.43. The van der Waals surface area contributed by atoms with Crippen molar-refractivity contribution < 1.29 is 9.53 Å². The van der Waals surface area contributed by atoms with Crippen LogP contribution < -0.4 is 0 Å². The van der Waals surface area contributed by atoms with Crippen molar-refractivity contribution >= 4 is 23.2 Å². The van der Waals surface area contributed by atoms with Crippen LogP contribution in [0.3, 0.4) is 0 Å². The monoisotopic (exact) mass is 178 g/mol. The predicted molar refractivity (Wildman–Crippen MR) is 47.9 cm³/mol. The van der Waals surface area contributed by atoms with Gasteiger partial charge in [0.05, 0.1) is 6.42 Å². The number of thiocarbonyl (C=S) groups is 1. The number of carbonyl (C=O) groups is 1. The number of esters is 1. The molecule has 0 aliphatic carbocycles. The molecule has 2 nitrogen and oxygen atoms in total. The standard InChI is InChI=1S/C9H6O2S/c10-8-5-6-3-1-2-4-7(6)9(12)11-8/h1-4H,5H2. The van der Waals surface area contributed by atoms with Crippen molar-refractivity contribution in [1.82, 2.24) is 0 Å². The lowest BCUT2D eigenvalue weighted by molar-refractivity contribution is -0.134. The molecule has 12 heavy (non-hydrogen) atoms. The summed E-state index contributed by atoms with van der Waals surface area (Å²) in [6.45, 7) is 0. The van der Waals surface area contributed by atoms with Crippen LogP contribution in [0.25, 0.3) is 0 Å². The van der Waals surface area contributed by atoms with Crippen LogP contribution in [0.1, 0.15) is 11.1 Å². The van der Waals surface area contributed by atoms with Gasteiger partial charge in [0, 0.05) is 5.56 Å². The molecule has 1 heterocycles. The lowest BCUT2D eigenvalue weighted by Gasteiger charge is -2.15. The van der Waals surface area contributed by atoms with E-state index in [4.69, 9.17) is 17.0 Å². The van der Waals surface area contributed by atoms with E-state index in [2.05, 4.69) is 0 Å². The molecule has 3 heteroatoms. The summed E-state index contributed by atoms with van der Waals surface area (Å²) >= 11 is 4.89. The lowest BCUT2D eigenvalue weighted by atomic mass is 10.0. The number of rotatable bonds is 0. The largest absolute Gasteiger partial charge is 0.414 e. The van der Waals surface area contributed by atoms with Crippen LogP contribution in [0.5, 0.6) is 0 Å². The van der Waals surface area contributed by atoms with Gasteiger partial charge in [-0.25, -0.2) is 0 Å². The first-order valence-corrected chi connectivity index (χ1v) is 4.01. The highest BCUT2D eigenvalue weighted by Gasteiger charge is 2.20. The molecule has 0 radical (unpaired) electrons. The van der Waals surface area contributed by atoms with Gasteiger partial charge in [-0.05, 0) is 17.8 Å². The second-order valence-electron chi connectivity index (χ2n) is 2.60.